The molecule has 2 aromatic rings. The van der Waals surface area contributed by atoms with Crippen LogP contribution in [0, 0.1) is 11.8 Å². The number of ketones is 2. The number of rotatable bonds is 7. The first-order chi connectivity index (χ1) is 19.7. The van der Waals surface area contributed by atoms with Crippen LogP contribution >= 0.6 is 0 Å². The molecule has 9 heteroatoms. The van der Waals surface area contributed by atoms with Crippen LogP contribution in [0.15, 0.2) is 84.0 Å². The summed E-state index contributed by atoms with van der Waals surface area (Å²) < 4.78 is 0. The molecule has 0 spiro atoms. The van der Waals surface area contributed by atoms with Gasteiger partial charge in [-0.1, -0.05) is 72.8 Å². The van der Waals surface area contributed by atoms with Crippen molar-refractivity contribution in [1.29, 1.82) is 0 Å². The van der Waals surface area contributed by atoms with E-state index in [1.807, 2.05) is 36.4 Å². The maximum absolute atomic E-state index is 12.0. The lowest BCUT2D eigenvalue weighted by atomic mass is 9.94. The van der Waals surface area contributed by atoms with Gasteiger partial charge in [-0.2, -0.15) is 0 Å². The van der Waals surface area contributed by atoms with Crippen molar-refractivity contribution >= 4 is 29.5 Å². The van der Waals surface area contributed by atoms with Crippen LogP contribution in [0.2, 0.25) is 0 Å². The Labute approximate surface area is 239 Å². The van der Waals surface area contributed by atoms with Crippen LogP contribution in [0.4, 0.5) is 4.79 Å². The van der Waals surface area contributed by atoms with Crippen LogP contribution in [0.1, 0.15) is 54.4 Å². The first-order valence-corrected chi connectivity index (χ1v) is 13.8. The third kappa shape index (κ3) is 8.99. The molecule has 1 saturated heterocycles. The van der Waals surface area contributed by atoms with Gasteiger partial charge in [0.2, 0.25) is 0 Å². The van der Waals surface area contributed by atoms with Crippen molar-refractivity contribution in [3.63, 3.8) is 0 Å². The first kappa shape index (κ1) is 31.0. The number of likely N-dealkylation sites (tertiary alicyclic amines) is 1. The molecule has 9 nitrogen and oxygen atoms in total. The Morgan fingerprint density at radius 1 is 0.732 bits per heavy atom. The van der Waals surface area contributed by atoms with Gasteiger partial charge in [0.1, 0.15) is 0 Å². The van der Waals surface area contributed by atoms with E-state index in [0.717, 1.165) is 31.5 Å². The van der Waals surface area contributed by atoms with Crippen molar-refractivity contribution in [3.8, 4) is 0 Å². The van der Waals surface area contributed by atoms with Gasteiger partial charge >= 0.3 is 18.0 Å². The topological polar surface area (TPSA) is 155 Å². The average Bonchev–Trinajstić information content (AvgIpc) is 3.76. The smallest absolute Gasteiger partial charge is 0.314 e. The van der Waals surface area contributed by atoms with E-state index in [1.54, 1.807) is 41.3 Å². The summed E-state index contributed by atoms with van der Waals surface area (Å²) in [5.74, 6) is -3.27. The number of urea groups is 1. The zero-order valence-corrected chi connectivity index (χ0v) is 22.9. The standard InChI is InChI=1S/C14H14O3.C13H12O3.C5H10N2O/c15-13(9-10-5-2-1-3-6-10)11-7-4-8-12(11)14(16)17;14-12(9-5-2-1-3-6-9)10-7-4-8-11(10)13(15)16;6-5(8)7-3-1-2-4-7/h1-3,5-7,12H,4,8-9H2,(H,16,17);1-3,5-7,11H,4,8H2,(H,15,16);1-4H2,(H2,6,8). The zero-order valence-electron chi connectivity index (χ0n) is 22.9. The number of carboxylic acid groups (broad SMARTS) is 2. The SMILES string of the molecule is NC(=O)N1CCCC1.O=C(C1=CCCC1C(=O)O)c1ccccc1.O=C(Cc1ccccc1)C1=CCCC1C(=O)O. The Morgan fingerprint density at radius 3 is 1.71 bits per heavy atom. The highest BCUT2D eigenvalue weighted by Crippen LogP contribution is 2.29. The summed E-state index contributed by atoms with van der Waals surface area (Å²) >= 11 is 0. The number of allylic oxidation sites excluding steroid dienone is 2. The number of aliphatic carboxylic acids is 2. The average molecular weight is 561 g/mol. The van der Waals surface area contributed by atoms with Crippen molar-refractivity contribution in [2.75, 3.05) is 13.1 Å². The number of hydrogen-bond donors (Lipinski definition) is 3. The lowest BCUT2D eigenvalue weighted by molar-refractivity contribution is -0.141. The molecule has 4 N–H and O–H groups in total. The normalized spacial score (nSPS) is 19.1. The summed E-state index contributed by atoms with van der Waals surface area (Å²) in [5, 5.41) is 18.0. The quantitative estimate of drug-likeness (QED) is 0.416. The van der Waals surface area contributed by atoms with Crippen LogP contribution < -0.4 is 5.73 Å². The number of nitrogens with zero attached hydrogens (tertiary/aromatic N) is 1. The molecule has 5 rings (SSSR count). The zero-order chi connectivity index (χ0) is 29.8. The predicted molar refractivity (Wildman–Crippen MR) is 153 cm³/mol. The van der Waals surface area contributed by atoms with E-state index in [4.69, 9.17) is 15.9 Å². The highest BCUT2D eigenvalue weighted by atomic mass is 16.4. The fourth-order valence-electron chi connectivity index (χ4n) is 5.06. The fraction of sp³-hybridized carbons (Fsp3) is 0.344. The molecule has 3 aliphatic rings. The predicted octanol–water partition coefficient (Wildman–Crippen LogP) is 4.67. The van der Waals surface area contributed by atoms with Crippen LogP contribution in [0.5, 0.6) is 0 Å². The maximum Gasteiger partial charge on any atom is 0.314 e. The molecule has 2 aromatic carbocycles. The second-order valence-corrected chi connectivity index (χ2v) is 10.1. The molecule has 0 saturated carbocycles. The Hall–Kier alpha value is -4.53. The Bertz CT molecular complexity index is 1300. The van der Waals surface area contributed by atoms with Gasteiger partial charge in [-0.15, -0.1) is 0 Å². The van der Waals surface area contributed by atoms with E-state index in [0.29, 0.717) is 42.4 Å². The largest absolute Gasteiger partial charge is 0.481 e. The lowest BCUT2D eigenvalue weighted by Crippen LogP contribution is -2.32. The molecule has 2 amide bonds. The monoisotopic (exact) mass is 560 g/mol. The molecule has 1 heterocycles. The number of primary amides is 1. The Morgan fingerprint density at radius 2 is 1.22 bits per heavy atom. The van der Waals surface area contributed by atoms with E-state index in [2.05, 4.69) is 0 Å². The fourth-order valence-corrected chi connectivity index (χ4v) is 5.06. The van der Waals surface area contributed by atoms with Crippen LogP contribution in [-0.4, -0.2) is 57.7 Å². The molecule has 0 aromatic heterocycles. The van der Waals surface area contributed by atoms with E-state index >= 15 is 0 Å². The maximum atomic E-state index is 12.0. The van der Waals surface area contributed by atoms with E-state index in [1.165, 1.54) is 0 Å². The van der Waals surface area contributed by atoms with E-state index in [-0.39, 0.29) is 24.0 Å². The second kappa shape index (κ2) is 15.3. The second-order valence-electron chi connectivity index (χ2n) is 10.1. The van der Waals surface area contributed by atoms with Gasteiger partial charge in [-0.05, 0) is 44.1 Å². The van der Waals surface area contributed by atoms with Gasteiger partial charge in [0.25, 0.3) is 0 Å². The molecule has 2 aliphatic carbocycles. The Balaban J connectivity index is 0.000000180. The number of benzene rings is 2. The van der Waals surface area contributed by atoms with Gasteiger partial charge in [0.15, 0.2) is 11.6 Å². The molecule has 41 heavy (non-hydrogen) atoms. The van der Waals surface area contributed by atoms with Crippen molar-refractivity contribution in [2.45, 2.75) is 44.9 Å². The van der Waals surface area contributed by atoms with Crippen molar-refractivity contribution < 1.29 is 34.2 Å². The highest BCUT2D eigenvalue weighted by Gasteiger charge is 2.31. The van der Waals surface area contributed by atoms with E-state index < -0.39 is 23.8 Å². The van der Waals surface area contributed by atoms with E-state index in [9.17, 15) is 24.0 Å². The number of carboxylic acids is 2. The molecule has 2 unspecified atom stereocenters. The van der Waals surface area contributed by atoms with Crippen LogP contribution in [-0.2, 0) is 20.8 Å². The van der Waals surface area contributed by atoms with Crippen molar-refractivity contribution in [3.05, 3.63) is 95.1 Å². The van der Waals surface area contributed by atoms with Gasteiger partial charge in [0, 0.05) is 36.2 Å². The number of nitrogens with two attached hydrogens (primary N) is 1. The molecule has 1 aliphatic heterocycles. The minimum absolute atomic E-state index is 0.0684. The minimum atomic E-state index is -0.909. The van der Waals surface area contributed by atoms with Gasteiger partial charge in [0.05, 0.1) is 11.8 Å². The van der Waals surface area contributed by atoms with Crippen LogP contribution in [0.25, 0.3) is 0 Å². The molecular formula is C32H36N2O7. The molecule has 0 radical (unpaired) electrons. The first-order valence-electron chi connectivity index (χ1n) is 13.8. The summed E-state index contributed by atoms with van der Waals surface area (Å²) in [6.07, 6.45) is 8.46. The van der Waals surface area contributed by atoms with Crippen LogP contribution in [0.3, 0.4) is 0 Å². The van der Waals surface area contributed by atoms with Gasteiger partial charge in [-0.25, -0.2) is 4.79 Å². The summed E-state index contributed by atoms with van der Waals surface area (Å²) in [6, 6.07) is 17.9. The minimum Gasteiger partial charge on any atom is -0.481 e. The molecular weight excluding hydrogens is 524 g/mol. The van der Waals surface area contributed by atoms with Gasteiger partial charge in [-0.3, -0.25) is 19.2 Å². The molecule has 2 atom stereocenters. The summed E-state index contributed by atoms with van der Waals surface area (Å²) in [6.45, 7) is 1.71. The lowest BCUT2D eigenvalue weighted by Gasteiger charge is -2.09. The summed E-state index contributed by atoms with van der Waals surface area (Å²) in [5.41, 5.74) is 7.37. The molecule has 0 bridgehead atoms. The third-order valence-corrected chi connectivity index (χ3v) is 7.23. The number of amides is 2. The summed E-state index contributed by atoms with van der Waals surface area (Å²) in [7, 11) is 0. The van der Waals surface area contributed by atoms with Crippen molar-refractivity contribution in [1.82, 2.24) is 4.90 Å². The number of carbonyl (C=O) groups is 5. The molecule has 1 fully saturated rings. The number of Topliss-reactive ketones (excluding diaryl/α,β-unsaturated/α-hetero) is 2. The third-order valence-electron chi connectivity index (χ3n) is 7.23. The Kier molecular flexibility index (Phi) is 11.6. The number of carbonyl (C=O) groups excluding carboxylic acids is 3. The summed E-state index contributed by atoms with van der Waals surface area (Å²) in [4.78, 5) is 58.0. The highest BCUT2D eigenvalue weighted by molar-refractivity contribution is 6.11. The number of hydrogen-bond acceptors (Lipinski definition) is 5. The molecule has 216 valence electrons. The van der Waals surface area contributed by atoms with Crippen molar-refractivity contribution in [2.24, 2.45) is 17.6 Å². The van der Waals surface area contributed by atoms with Gasteiger partial charge < -0.3 is 20.8 Å².